The van der Waals surface area contributed by atoms with Gasteiger partial charge in [-0.3, -0.25) is 0 Å². The van der Waals surface area contributed by atoms with Crippen LogP contribution in [0.15, 0.2) is 0 Å². The third kappa shape index (κ3) is 4.18. The van der Waals surface area contributed by atoms with Gasteiger partial charge in [0, 0.05) is 5.25 Å². The van der Waals surface area contributed by atoms with Crippen molar-refractivity contribution in [2.45, 2.75) is 76.3 Å². The molecule has 92 valence electrons. The van der Waals surface area contributed by atoms with Crippen molar-refractivity contribution in [1.82, 2.24) is 0 Å². The van der Waals surface area contributed by atoms with Crippen LogP contribution >= 0.6 is 11.8 Å². The first-order chi connectivity index (χ1) is 7.76. The van der Waals surface area contributed by atoms with Gasteiger partial charge in [-0.2, -0.15) is 0 Å². The molecule has 0 bridgehead atoms. The Morgan fingerprint density at radius 3 is 2.06 bits per heavy atom. The molecule has 1 saturated carbocycles. The summed E-state index contributed by atoms with van der Waals surface area (Å²) in [6, 6.07) is 3.99. The van der Waals surface area contributed by atoms with Crippen LogP contribution in [-0.4, -0.2) is 13.3 Å². The van der Waals surface area contributed by atoms with Gasteiger partial charge < -0.3 is 0 Å². The Bertz CT molecular complexity index is 233. The Labute approximate surface area is 107 Å². The summed E-state index contributed by atoms with van der Waals surface area (Å²) in [5.41, 5.74) is 3.68. The molecule has 0 unspecified atom stereocenters. The molecule has 0 aliphatic heterocycles. The van der Waals surface area contributed by atoms with E-state index in [0.717, 1.165) is 5.25 Å². The highest BCUT2D eigenvalue weighted by atomic mass is 32.2. The summed E-state index contributed by atoms with van der Waals surface area (Å²) in [6.07, 6.45) is 7.10. The molecule has 0 aromatic carbocycles. The maximum absolute atomic E-state index is 3.68. The zero-order valence-corrected chi connectivity index (χ0v) is 13.0. The summed E-state index contributed by atoms with van der Waals surface area (Å²) in [7, 11) is -1.18. The minimum absolute atomic E-state index is 0.846. The maximum atomic E-state index is 3.68. The monoisotopic (exact) mass is 254 g/mol. The molecule has 2 heteroatoms. The average Bonchev–Trinajstić information content (AvgIpc) is 2.37. The minimum Gasteiger partial charge on any atom is -0.119 e. The van der Waals surface area contributed by atoms with E-state index < -0.39 is 8.07 Å². The zero-order chi connectivity index (χ0) is 11.9. The van der Waals surface area contributed by atoms with E-state index in [4.69, 9.17) is 0 Å². The van der Waals surface area contributed by atoms with Gasteiger partial charge in [-0.05, 0) is 36.2 Å². The van der Waals surface area contributed by atoms with Crippen molar-refractivity contribution in [2.24, 2.45) is 0 Å². The Balaban J connectivity index is 2.44. The standard InChI is InChI=1S/C14H26SSi/c1-4-16(5-2,6-3)13-12-15-14-10-8-7-9-11-14/h14H,4-11H2,1-3H3. The summed E-state index contributed by atoms with van der Waals surface area (Å²) in [5.74, 6) is 0. The molecule has 0 spiro atoms. The van der Waals surface area contributed by atoms with Gasteiger partial charge in [-0.25, -0.2) is 0 Å². The fourth-order valence-corrected chi connectivity index (χ4v) is 6.29. The quantitative estimate of drug-likeness (QED) is 0.499. The molecular formula is C14H26SSi. The molecule has 0 atom stereocenters. The van der Waals surface area contributed by atoms with E-state index >= 15 is 0 Å². The summed E-state index contributed by atoms with van der Waals surface area (Å²) in [5, 5.41) is 4.32. The van der Waals surface area contributed by atoms with Crippen molar-refractivity contribution in [2.75, 3.05) is 0 Å². The predicted molar refractivity (Wildman–Crippen MR) is 79.4 cm³/mol. The van der Waals surface area contributed by atoms with Gasteiger partial charge in [0.05, 0.1) is 0 Å². The van der Waals surface area contributed by atoms with E-state index in [1.54, 1.807) is 0 Å². The van der Waals surface area contributed by atoms with Gasteiger partial charge in [0.2, 0.25) is 0 Å². The van der Waals surface area contributed by atoms with E-state index in [9.17, 15) is 0 Å². The van der Waals surface area contributed by atoms with Crippen LogP contribution in [0.5, 0.6) is 0 Å². The highest BCUT2D eigenvalue weighted by Gasteiger charge is 2.24. The molecule has 1 rings (SSSR count). The van der Waals surface area contributed by atoms with Crippen molar-refractivity contribution in [3.05, 3.63) is 0 Å². The summed E-state index contributed by atoms with van der Waals surface area (Å²) >= 11 is 1.94. The molecule has 1 aliphatic rings. The Hall–Kier alpha value is 0.127. The van der Waals surface area contributed by atoms with Crippen LogP contribution in [0.25, 0.3) is 0 Å². The molecule has 0 N–H and O–H groups in total. The highest BCUT2D eigenvalue weighted by Crippen LogP contribution is 2.28. The molecule has 1 fully saturated rings. The average molecular weight is 255 g/mol. The second-order valence-electron chi connectivity index (χ2n) is 4.95. The molecule has 0 heterocycles. The van der Waals surface area contributed by atoms with Gasteiger partial charge >= 0.3 is 0 Å². The van der Waals surface area contributed by atoms with Crippen LogP contribution in [0.3, 0.4) is 0 Å². The molecule has 0 aromatic rings. The van der Waals surface area contributed by atoms with Crippen LogP contribution in [-0.2, 0) is 0 Å². The van der Waals surface area contributed by atoms with E-state index in [1.807, 2.05) is 11.8 Å². The summed E-state index contributed by atoms with van der Waals surface area (Å²) < 4.78 is 0. The van der Waals surface area contributed by atoms with Crippen LogP contribution in [0.4, 0.5) is 0 Å². The zero-order valence-electron chi connectivity index (χ0n) is 11.1. The maximum Gasteiger partial charge on any atom is 0.138 e. The number of hydrogen-bond donors (Lipinski definition) is 0. The van der Waals surface area contributed by atoms with Gasteiger partial charge in [0.25, 0.3) is 0 Å². The number of hydrogen-bond acceptors (Lipinski definition) is 1. The van der Waals surface area contributed by atoms with Crippen molar-refractivity contribution >= 4 is 19.8 Å². The summed E-state index contributed by atoms with van der Waals surface area (Å²) in [6.45, 7) is 7.00. The molecule has 0 aromatic heterocycles. The minimum atomic E-state index is -1.18. The van der Waals surface area contributed by atoms with Crippen LogP contribution in [0, 0.1) is 10.8 Å². The SMILES string of the molecule is CC[Si](C#CSC1CCCCC1)(CC)CC. The van der Waals surface area contributed by atoms with Gasteiger partial charge in [-0.1, -0.05) is 51.8 Å². The number of thioether (sulfide) groups is 1. The molecule has 0 amide bonds. The van der Waals surface area contributed by atoms with Crippen molar-refractivity contribution in [3.63, 3.8) is 0 Å². The molecule has 16 heavy (non-hydrogen) atoms. The lowest BCUT2D eigenvalue weighted by Gasteiger charge is -2.21. The first kappa shape index (κ1) is 14.2. The Morgan fingerprint density at radius 2 is 1.56 bits per heavy atom. The first-order valence-corrected chi connectivity index (χ1v) is 10.4. The second-order valence-corrected chi connectivity index (χ2v) is 11.0. The molecule has 0 saturated heterocycles. The van der Waals surface area contributed by atoms with Crippen LogP contribution in [0.1, 0.15) is 52.9 Å². The van der Waals surface area contributed by atoms with E-state index in [-0.39, 0.29) is 0 Å². The van der Waals surface area contributed by atoms with E-state index in [0.29, 0.717) is 0 Å². The lowest BCUT2D eigenvalue weighted by Crippen LogP contribution is -2.29. The first-order valence-electron chi connectivity index (χ1n) is 6.94. The predicted octanol–water partition coefficient (Wildman–Crippen LogP) is 5.06. The lowest BCUT2D eigenvalue weighted by atomic mass is 10.0. The Kier molecular flexibility index (Phi) is 6.61. The molecule has 1 aliphatic carbocycles. The third-order valence-electron chi connectivity index (χ3n) is 4.12. The van der Waals surface area contributed by atoms with Crippen molar-refractivity contribution < 1.29 is 0 Å². The highest BCUT2D eigenvalue weighted by molar-refractivity contribution is 8.04. The Morgan fingerprint density at radius 1 is 1.00 bits per heavy atom. The van der Waals surface area contributed by atoms with Crippen molar-refractivity contribution in [3.8, 4) is 10.8 Å². The summed E-state index contributed by atoms with van der Waals surface area (Å²) in [4.78, 5) is 0. The second kappa shape index (κ2) is 7.45. The molecule has 0 radical (unpaired) electrons. The fourth-order valence-electron chi connectivity index (χ4n) is 2.42. The topological polar surface area (TPSA) is 0 Å². The largest absolute Gasteiger partial charge is 0.138 e. The third-order valence-corrected chi connectivity index (χ3v) is 10.0. The lowest BCUT2D eigenvalue weighted by molar-refractivity contribution is 0.517. The molecule has 0 nitrogen and oxygen atoms in total. The number of rotatable bonds is 4. The fraction of sp³-hybridized carbons (Fsp3) is 0.857. The van der Waals surface area contributed by atoms with Gasteiger partial charge in [0.1, 0.15) is 8.07 Å². The normalized spacial score (nSPS) is 17.9. The van der Waals surface area contributed by atoms with Gasteiger partial charge in [-0.15, -0.1) is 5.54 Å². The molecular weight excluding hydrogens is 228 g/mol. The van der Waals surface area contributed by atoms with E-state index in [1.165, 1.54) is 50.2 Å². The van der Waals surface area contributed by atoms with Crippen LogP contribution in [0.2, 0.25) is 18.1 Å². The van der Waals surface area contributed by atoms with Gasteiger partial charge in [0.15, 0.2) is 0 Å². The van der Waals surface area contributed by atoms with Crippen molar-refractivity contribution in [1.29, 1.82) is 0 Å². The smallest absolute Gasteiger partial charge is 0.119 e. The van der Waals surface area contributed by atoms with E-state index in [2.05, 4.69) is 31.6 Å². The van der Waals surface area contributed by atoms with Crippen LogP contribution < -0.4 is 0 Å².